The molecule has 0 aliphatic carbocycles. The Morgan fingerprint density at radius 3 is 3.00 bits per heavy atom. The lowest BCUT2D eigenvalue weighted by Crippen LogP contribution is -2.39. The van der Waals surface area contributed by atoms with Gasteiger partial charge in [0.25, 0.3) is 0 Å². The second-order valence-corrected chi connectivity index (χ2v) is 5.04. The van der Waals surface area contributed by atoms with E-state index in [9.17, 15) is 9.18 Å². The molecule has 1 heterocycles. The summed E-state index contributed by atoms with van der Waals surface area (Å²) in [6.45, 7) is 2.64. The van der Waals surface area contributed by atoms with Gasteiger partial charge in [-0.1, -0.05) is 0 Å². The average Bonchev–Trinajstić information content (AvgIpc) is 2.39. The van der Waals surface area contributed by atoms with E-state index in [1.165, 1.54) is 12.5 Å². The van der Waals surface area contributed by atoms with Crippen molar-refractivity contribution in [2.45, 2.75) is 12.8 Å². The summed E-state index contributed by atoms with van der Waals surface area (Å²) >= 11 is 0. The molecule has 1 saturated heterocycles. The molecule has 0 bridgehead atoms. The third-order valence-electron chi connectivity index (χ3n) is 3.58. The van der Waals surface area contributed by atoms with Gasteiger partial charge in [-0.2, -0.15) is 0 Å². The maximum Gasteiger partial charge on any atom is 0.248 e. The number of carbonyl (C=O) groups is 1. The number of rotatable bonds is 4. The second-order valence-electron chi connectivity index (χ2n) is 5.04. The van der Waals surface area contributed by atoms with Crippen molar-refractivity contribution in [3.8, 4) is 0 Å². The minimum atomic E-state index is -0.600. The normalized spacial score (nSPS) is 19.5. The van der Waals surface area contributed by atoms with Crippen molar-refractivity contribution in [3.63, 3.8) is 0 Å². The molecule has 5 heteroatoms. The fourth-order valence-corrected chi connectivity index (χ4v) is 2.66. The molecule has 19 heavy (non-hydrogen) atoms. The summed E-state index contributed by atoms with van der Waals surface area (Å²) in [4.78, 5) is 13.1. The topological polar surface area (TPSA) is 58.4 Å². The number of piperidine rings is 1. The van der Waals surface area contributed by atoms with Gasteiger partial charge in [0.05, 0.1) is 5.69 Å². The summed E-state index contributed by atoms with van der Waals surface area (Å²) < 4.78 is 14.0. The zero-order chi connectivity index (χ0) is 13.8. The number of nitrogens with one attached hydrogen (secondary N) is 1. The summed E-state index contributed by atoms with van der Waals surface area (Å²) in [5, 5.41) is 3.17. The van der Waals surface area contributed by atoms with Crippen LogP contribution in [0.1, 0.15) is 23.2 Å². The van der Waals surface area contributed by atoms with Crippen LogP contribution < -0.4 is 16.0 Å². The molecule has 1 fully saturated rings. The summed E-state index contributed by atoms with van der Waals surface area (Å²) in [6.07, 6.45) is 2.22. The van der Waals surface area contributed by atoms with Crippen LogP contribution in [0.15, 0.2) is 18.2 Å². The van der Waals surface area contributed by atoms with Crippen molar-refractivity contribution in [2.24, 2.45) is 11.7 Å². The number of nitrogens with zero attached hydrogens (tertiary/aromatic N) is 1. The van der Waals surface area contributed by atoms with Crippen molar-refractivity contribution >= 4 is 11.6 Å². The zero-order valence-electron chi connectivity index (χ0n) is 11.2. The van der Waals surface area contributed by atoms with Gasteiger partial charge >= 0.3 is 0 Å². The molecular formula is C14H20FN3O. The highest BCUT2D eigenvalue weighted by atomic mass is 19.1. The average molecular weight is 265 g/mol. The Balaban J connectivity index is 2.15. The molecular weight excluding hydrogens is 245 g/mol. The number of hydrogen-bond acceptors (Lipinski definition) is 3. The Bertz CT molecular complexity index is 462. The quantitative estimate of drug-likeness (QED) is 0.864. The molecule has 1 unspecified atom stereocenters. The Labute approximate surface area is 112 Å². The van der Waals surface area contributed by atoms with E-state index in [1.54, 1.807) is 12.1 Å². The van der Waals surface area contributed by atoms with Crippen molar-refractivity contribution in [1.29, 1.82) is 0 Å². The second kappa shape index (κ2) is 6.02. The molecule has 1 atom stereocenters. The Morgan fingerprint density at radius 2 is 2.37 bits per heavy atom. The van der Waals surface area contributed by atoms with Gasteiger partial charge in [0.15, 0.2) is 0 Å². The molecule has 3 N–H and O–H groups in total. The van der Waals surface area contributed by atoms with E-state index < -0.39 is 5.91 Å². The molecule has 2 rings (SSSR count). The van der Waals surface area contributed by atoms with E-state index in [-0.39, 0.29) is 11.4 Å². The number of hydrogen-bond donors (Lipinski definition) is 2. The van der Waals surface area contributed by atoms with E-state index in [1.807, 2.05) is 11.9 Å². The van der Waals surface area contributed by atoms with Crippen LogP contribution in [0.3, 0.4) is 0 Å². The van der Waals surface area contributed by atoms with E-state index in [0.717, 1.165) is 26.1 Å². The highest BCUT2D eigenvalue weighted by Gasteiger charge is 2.21. The van der Waals surface area contributed by atoms with Crippen LogP contribution >= 0.6 is 0 Å². The molecule has 0 saturated carbocycles. The number of carbonyl (C=O) groups excluding carboxylic acids is 1. The fourth-order valence-electron chi connectivity index (χ4n) is 2.66. The van der Waals surface area contributed by atoms with Crippen molar-refractivity contribution in [3.05, 3.63) is 29.6 Å². The largest absolute Gasteiger partial charge is 0.369 e. The van der Waals surface area contributed by atoms with Gasteiger partial charge in [0.1, 0.15) is 5.82 Å². The highest BCUT2D eigenvalue weighted by Crippen LogP contribution is 2.26. The Kier molecular flexibility index (Phi) is 4.37. The third kappa shape index (κ3) is 3.23. The number of anilines is 1. The van der Waals surface area contributed by atoms with Crippen molar-refractivity contribution in [1.82, 2.24) is 5.32 Å². The molecule has 104 valence electrons. The molecule has 1 aromatic carbocycles. The summed E-state index contributed by atoms with van der Waals surface area (Å²) in [5.74, 6) is -0.437. The van der Waals surface area contributed by atoms with Crippen LogP contribution in [0.2, 0.25) is 0 Å². The van der Waals surface area contributed by atoms with Crippen LogP contribution in [0, 0.1) is 11.7 Å². The lowest BCUT2D eigenvalue weighted by atomic mass is 9.97. The first-order chi connectivity index (χ1) is 9.11. The molecule has 1 aliphatic heterocycles. The number of halogens is 1. The van der Waals surface area contributed by atoms with E-state index in [4.69, 9.17) is 5.73 Å². The molecule has 0 aromatic heterocycles. The molecule has 0 radical (unpaired) electrons. The predicted octanol–water partition coefficient (Wildman–Crippen LogP) is 1.36. The van der Waals surface area contributed by atoms with E-state index in [0.29, 0.717) is 11.6 Å². The van der Waals surface area contributed by atoms with E-state index in [2.05, 4.69) is 5.32 Å². The standard InChI is InChI=1S/C14H20FN3O/c1-17-8-10-3-2-6-18(9-10)13-5-4-11(14(16)19)7-12(13)15/h4-5,7,10,17H,2-3,6,8-9H2,1H3,(H2,16,19). The number of primary amides is 1. The maximum absolute atomic E-state index is 14.0. The number of nitrogens with two attached hydrogens (primary N) is 1. The van der Waals surface area contributed by atoms with Gasteiger partial charge in [-0.15, -0.1) is 0 Å². The monoisotopic (exact) mass is 265 g/mol. The lowest BCUT2D eigenvalue weighted by molar-refractivity contribution is 0.1000. The van der Waals surface area contributed by atoms with Gasteiger partial charge < -0.3 is 16.0 Å². The van der Waals surface area contributed by atoms with Crippen LogP contribution in [0.4, 0.5) is 10.1 Å². The molecule has 0 spiro atoms. The third-order valence-corrected chi connectivity index (χ3v) is 3.58. The first kappa shape index (κ1) is 13.8. The SMILES string of the molecule is CNCC1CCCN(c2ccc(C(N)=O)cc2F)C1. The summed E-state index contributed by atoms with van der Waals surface area (Å²) in [6, 6.07) is 4.46. The molecule has 1 aliphatic rings. The number of amides is 1. The first-order valence-electron chi connectivity index (χ1n) is 6.60. The van der Waals surface area contributed by atoms with Gasteiger partial charge in [0, 0.05) is 18.7 Å². The van der Waals surface area contributed by atoms with Gasteiger partial charge in [-0.25, -0.2) is 4.39 Å². The summed E-state index contributed by atoms with van der Waals surface area (Å²) in [7, 11) is 1.93. The van der Waals surface area contributed by atoms with Crippen molar-refractivity contribution in [2.75, 3.05) is 31.6 Å². The minimum absolute atomic E-state index is 0.213. The smallest absolute Gasteiger partial charge is 0.248 e. The maximum atomic E-state index is 14.0. The molecule has 4 nitrogen and oxygen atoms in total. The Morgan fingerprint density at radius 1 is 1.58 bits per heavy atom. The van der Waals surface area contributed by atoms with Gasteiger partial charge in [0.2, 0.25) is 5.91 Å². The molecule has 1 amide bonds. The van der Waals surface area contributed by atoms with Crippen LogP contribution in [0.5, 0.6) is 0 Å². The first-order valence-corrected chi connectivity index (χ1v) is 6.60. The Hall–Kier alpha value is -1.62. The van der Waals surface area contributed by atoms with E-state index >= 15 is 0 Å². The lowest BCUT2D eigenvalue weighted by Gasteiger charge is -2.34. The van der Waals surface area contributed by atoms with Crippen LogP contribution in [-0.2, 0) is 0 Å². The highest BCUT2D eigenvalue weighted by molar-refractivity contribution is 5.93. The van der Waals surface area contributed by atoms with Gasteiger partial charge in [-0.3, -0.25) is 4.79 Å². The predicted molar refractivity (Wildman–Crippen MR) is 73.8 cm³/mol. The zero-order valence-corrected chi connectivity index (χ0v) is 11.2. The minimum Gasteiger partial charge on any atom is -0.369 e. The number of benzene rings is 1. The summed E-state index contributed by atoms with van der Waals surface area (Å²) in [5.41, 5.74) is 5.92. The fraction of sp³-hybridized carbons (Fsp3) is 0.500. The van der Waals surface area contributed by atoms with Gasteiger partial charge in [-0.05, 0) is 50.6 Å². The molecule has 1 aromatic rings. The van der Waals surface area contributed by atoms with Crippen molar-refractivity contribution < 1.29 is 9.18 Å². The van der Waals surface area contributed by atoms with Crippen LogP contribution in [-0.4, -0.2) is 32.6 Å². The van der Waals surface area contributed by atoms with Crippen LogP contribution in [0.25, 0.3) is 0 Å².